The van der Waals surface area contributed by atoms with E-state index in [0.29, 0.717) is 5.69 Å². The van der Waals surface area contributed by atoms with Gasteiger partial charge in [-0.15, -0.1) is 0 Å². The number of fused-ring (bicyclic) bond motifs is 1. The molecule has 6 nitrogen and oxygen atoms in total. The summed E-state index contributed by atoms with van der Waals surface area (Å²) in [4.78, 5) is 18.9. The summed E-state index contributed by atoms with van der Waals surface area (Å²) in [5.41, 5.74) is 1.13. The molecule has 0 spiro atoms. The molecule has 1 amide bonds. The maximum atomic E-state index is 12.8. The van der Waals surface area contributed by atoms with Gasteiger partial charge >= 0.3 is 0 Å². The van der Waals surface area contributed by atoms with Crippen molar-refractivity contribution in [3.63, 3.8) is 0 Å². The molecule has 0 radical (unpaired) electrons. The number of carbonyl (C=O) groups excluding carboxylic acids is 1. The van der Waals surface area contributed by atoms with Crippen LogP contribution in [0.1, 0.15) is 30.2 Å². The molecule has 22 heavy (non-hydrogen) atoms. The first-order chi connectivity index (χ1) is 10.3. The number of rotatable bonds is 1. The van der Waals surface area contributed by atoms with Crippen molar-refractivity contribution in [1.29, 1.82) is 0 Å². The molecular weight excluding hydrogens is 302 g/mol. The van der Waals surface area contributed by atoms with Crippen molar-refractivity contribution in [3.8, 4) is 0 Å². The Kier molecular flexibility index (Phi) is 3.47. The number of imidazole rings is 1. The molecule has 2 aromatic heterocycles. The number of pyridine rings is 1. The molecule has 1 aliphatic rings. The second-order valence-electron chi connectivity index (χ2n) is 5.77. The van der Waals surface area contributed by atoms with Gasteiger partial charge in [-0.25, -0.2) is 13.4 Å². The number of aromatic nitrogens is 2. The van der Waals surface area contributed by atoms with Crippen LogP contribution in [0.3, 0.4) is 0 Å². The van der Waals surface area contributed by atoms with Gasteiger partial charge in [0.15, 0.2) is 15.5 Å². The summed E-state index contributed by atoms with van der Waals surface area (Å²) in [5, 5.41) is -0.555. The zero-order valence-electron chi connectivity index (χ0n) is 12.9. The Morgan fingerprint density at radius 1 is 1.32 bits per heavy atom. The quantitative estimate of drug-likeness (QED) is 0.793. The number of amides is 1. The third kappa shape index (κ3) is 2.20. The van der Waals surface area contributed by atoms with Crippen LogP contribution in [0.15, 0.2) is 24.4 Å². The molecule has 1 aliphatic heterocycles. The van der Waals surface area contributed by atoms with E-state index in [1.807, 2.05) is 35.7 Å². The summed E-state index contributed by atoms with van der Waals surface area (Å²) in [5.74, 6) is 0.546. The number of nitrogens with zero attached hydrogens (tertiary/aromatic N) is 3. The van der Waals surface area contributed by atoms with Crippen LogP contribution < -0.4 is 0 Å². The van der Waals surface area contributed by atoms with Gasteiger partial charge in [-0.2, -0.15) is 0 Å². The number of carbonyl (C=O) groups is 1. The first-order valence-corrected chi connectivity index (χ1v) is 9.00. The Morgan fingerprint density at radius 3 is 2.77 bits per heavy atom. The SMILES string of the molecule is Cc1nc(C(=O)N2CCS(=O)(=O)[C@H](C)[C@H]2C)c2ccccn12. The lowest BCUT2D eigenvalue weighted by Gasteiger charge is -2.37. The fraction of sp³-hybridized carbons (Fsp3) is 0.467. The van der Waals surface area contributed by atoms with Crippen LogP contribution in [0.5, 0.6) is 0 Å². The molecule has 2 aromatic rings. The zero-order chi connectivity index (χ0) is 16.1. The average Bonchev–Trinajstić information content (AvgIpc) is 2.82. The fourth-order valence-electron chi connectivity index (χ4n) is 2.94. The molecule has 7 heteroatoms. The minimum Gasteiger partial charge on any atom is -0.332 e. The minimum absolute atomic E-state index is 0.00894. The highest BCUT2D eigenvalue weighted by Crippen LogP contribution is 2.23. The predicted octanol–water partition coefficient (Wildman–Crippen LogP) is 1.29. The van der Waals surface area contributed by atoms with Crippen LogP contribution in [0, 0.1) is 6.92 Å². The first-order valence-electron chi connectivity index (χ1n) is 7.29. The van der Waals surface area contributed by atoms with Crippen molar-refractivity contribution in [2.75, 3.05) is 12.3 Å². The van der Waals surface area contributed by atoms with Crippen molar-refractivity contribution >= 4 is 21.3 Å². The van der Waals surface area contributed by atoms with Crippen LogP contribution in [0.2, 0.25) is 0 Å². The molecule has 0 aromatic carbocycles. The third-order valence-corrected chi connectivity index (χ3v) is 6.82. The van der Waals surface area contributed by atoms with Crippen molar-refractivity contribution in [2.45, 2.75) is 32.1 Å². The summed E-state index contributed by atoms with van der Waals surface area (Å²) in [6.07, 6.45) is 1.86. The zero-order valence-corrected chi connectivity index (χ0v) is 13.7. The molecule has 3 heterocycles. The largest absolute Gasteiger partial charge is 0.332 e. The summed E-state index contributed by atoms with van der Waals surface area (Å²) in [6, 6.07) is 5.24. The summed E-state index contributed by atoms with van der Waals surface area (Å²) < 4.78 is 25.8. The molecule has 0 aliphatic carbocycles. The van der Waals surface area contributed by atoms with Crippen LogP contribution in [-0.4, -0.2) is 52.2 Å². The first kappa shape index (κ1) is 15.0. The molecule has 2 atom stereocenters. The van der Waals surface area contributed by atoms with Gasteiger partial charge in [0.25, 0.3) is 5.91 Å². The molecule has 0 N–H and O–H groups in total. The van der Waals surface area contributed by atoms with Gasteiger partial charge in [-0.3, -0.25) is 4.79 Å². The molecule has 0 bridgehead atoms. The second kappa shape index (κ2) is 5.08. The van der Waals surface area contributed by atoms with E-state index in [-0.39, 0.29) is 24.2 Å². The van der Waals surface area contributed by atoms with Crippen molar-refractivity contribution in [3.05, 3.63) is 35.9 Å². The van der Waals surface area contributed by atoms with Gasteiger partial charge in [-0.1, -0.05) is 6.07 Å². The topological polar surface area (TPSA) is 71.8 Å². The van der Waals surface area contributed by atoms with E-state index < -0.39 is 15.1 Å². The van der Waals surface area contributed by atoms with E-state index in [9.17, 15) is 13.2 Å². The van der Waals surface area contributed by atoms with Gasteiger partial charge in [0.1, 0.15) is 5.82 Å². The number of hydrogen-bond donors (Lipinski definition) is 0. The highest BCUT2D eigenvalue weighted by Gasteiger charge is 2.39. The van der Waals surface area contributed by atoms with Gasteiger partial charge in [0.05, 0.1) is 16.5 Å². The van der Waals surface area contributed by atoms with E-state index >= 15 is 0 Å². The number of hydrogen-bond acceptors (Lipinski definition) is 4. The van der Waals surface area contributed by atoms with Gasteiger partial charge in [0, 0.05) is 18.8 Å². The van der Waals surface area contributed by atoms with E-state index in [1.54, 1.807) is 18.7 Å². The lowest BCUT2D eigenvalue weighted by molar-refractivity contribution is 0.0689. The monoisotopic (exact) mass is 321 g/mol. The highest BCUT2D eigenvalue weighted by molar-refractivity contribution is 7.92. The lowest BCUT2D eigenvalue weighted by atomic mass is 10.2. The van der Waals surface area contributed by atoms with Gasteiger partial charge in [0.2, 0.25) is 0 Å². The Bertz CT molecular complexity index is 841. The van der Waals surface area contributed by atoms with Crippen LogP contribution in [-0.2, 0) is 9.84 Å². The smallest absolute Gasteiger partial charge is 0.275 e. The van der Waals surface area contributed by atoms with Crippen LogP contribution >= 0.6 is 0 Å². The van der Waals surface area contributed by atoms with Crippen LogP contribution in [0.25, 0.3) is 5.52 Å². The lowest BCUT2D eigenvalue weighted by Crippen LogP contribution is -2.54. The molecule has 1 fully saturated rings. The normalized spacial score (nSPS) is 24.6. The Hall–Kier alpha value is -1.89. The van der Waals surface area contributed by atoms with E-state index in [2.05, 4.69) is 4.98 Å². The molecule has 118 valence electrons. The van der Waals surface area contributed by atoms with Crippen molar-refractivity contribution in [1.82, 2.24) is 14.3 Å². The van der Waals surface area contributed by atoms with Crippen LogP contribution in [0.4, 0.5) is 0 Å². The Labute approximate surface area is 129 Å². The fourth-order valence-corrected chi connectivity index (χ4v) is 4.51. The molecule has 0 saturated carbocycles. The van der Waals surface area contributed by atoms with E-state index in [0.717, 1.165) is 11.3 Å². The van der Waals surface area contributed by atoms with Gasteiger partial charge < -0.3 is 9.30 Å². The minimum atomic E-state index is -3.12. The standard InChI is InChI=1S/C15H19N3O3S/c1-10-11(2)22(20,21)9-8-17(10)15(19)14-13-6-4-5-7-18(13)12(3)16-14/h4-7,10-11H,8-9H2,1-3H3/t10-,11-/m1/s1. The van der Waals surface area contributed by atoms with E-state index in [1.165, 1.54) is 0 Å². The van der Waals surface area contributed by atoms with E-state index in [4.69, 9.17) is 0 Å². The molecule has 0 unspecified atom stereocenters. The summed E-state index contributed by atoms with van der Waals surface area (Å²) in [6.45, 7) is 5.51. The number of aryl methyl sites for hydroxylation is 1. The maximum absolute atomic E-state index is 12.8. The molecule has 1 saturated heterocycles. The average molecular weight is 321 g/mol. The number of sulfone groups is 1. The Balaban J connectivity index is 2.00. The van der Waals surface area contributed by atoms with Crippen molar-refractivity contribution < 1.29 is 13.2 Å². The molecule has 3 rings (SSSR count). The molecular formula is C15H19N3O3S. The summed E-state index contributed by atoms with van der Waals surface area (Å²) in [7, 11) is -3.12. The highest BCUT2D eigenvalue weighted by atomic mass is 32.2. The maximum Gasteiger partial charge on any atom is 0.275 e. The van der Waals surface area contributed by atoms with Gasteiger partial charge in [-0.05, 0) is 32.9 Å². The third-order valence-electron chi connectivity index (χ3n) is 4.54. The Morgan fingerprint density at radius 2 is 2.05 bits per heavy atom. The predicted molar refractivity (Wildman–Crippen MR) is 83.7 cm³/mol. The second-order valence-corrected chi connectivity index (χ2v) is 8.25. The summed E-state index contributed by atoms with van der Waals surface area (Å²) >= 11 is 0. The van der Waals surface area contributed by atoms with Crippen molar-refractivity contribution in [2.24, 2.45) is 0 Å².